The normalized spacial score (nSPS) is 26.4. The molecule has 1 fully saturated rings. The van der Waals surface area contributed by atoms with Crippen LogP contribution in [-0.2, 0) is 5.41 Å². The lowest BCUT2D eigenvalue weighted by Crippen LogP contribution is -2.30. The van der Waals surface area contributed by atoms with Gasteiger partial charge in [-0.2, -0.15) is 10.5 Å². The maximum atomic E-state index is 9.62. The molecule has 1 aromatic rings. The zero-order valence-electron chi connectivity index (χ0n) is 11.5. The van der Waals surface area contributed by atoms with Gasteiger partial charge in [0.25, 0.3) is 0 Å². The van der Waals surface area contributed by atoms with Gasteiger partial charge in [-0.1, -0.05) is 31.9 Å². The molecule has 2 rings (SSSR count). The van der Waals surface area contributed by atoms with Crippen LogP contribution in [0.1, 0.15) is 56.6 Å². The van der Waals surface area contributed by atoms with Crippen LogP contribution in [0.25, 0.3) is 0 Å². The van der Waals surface area contributed by atoms with E-state index < -0.39 is 0 Å². The van der Waals surface area contributed by atoms with Gasteiger partial charge in [-0.25, -0.2) is 0 Å². The lowest BCUT2D eigenvalue weighted by Gasteiger charge is -2.35. The van der Waals surface area contributed by atoms with Gasteiger partial charge < -0.3 is 0 Å². The molecule has 0 N–H and O–H groups in total. The third-order valence-corrected chi connectivity index (χ3v) is 4.44. The summed E-state index contributed by atoms with van der Waals surface area (Å²) in [6.07, 6.45) is 6.75. The number of nitrogens with zero attached hydrogens (tertiary/aromatic N) is 2. The van der Waals surface area contributed by atoms with Crippen molar-refractivity contribution in [2.45, 2.75) is 50.9 Å². The summed E-state index contributed by atoms with van der Waals surface area (Å²) >= 11 is 0. The number of rotatable bonds is 3. The second-order valence-corrected chi connectivity index (χ2v) is 5.62. The Bertz CT molecular complexity index is 494. The Morgan fingerprint density at radius 3 is 2.26 bits per heavy atom. The van der Waals surface area contributed by atoms with Crippen LogP contribution in [0.5, 0.6) is 0 Å². The van der Waals surface area contributed by atoms with Gasteiger partial charge >= 0.3 is 0 Å². The summed E-state index contributed by atoms with van der Waals surface area (Å²) in [5.74, 6) is 0.796. The van der Waals surface area contributed by atoms with Gasteiger partial charge in [-0.15, -0.1) is 0 Å². The van der Waals surface area contributed by atoms with E-state index in [1.54, 1.807) is 0 Å². The molecule has 0 aromatic heterocycles. The van der Waals surface area contributed by atoms with Crippen molar-refractivity contribution in [2.24, 2.45) is 5.92 Å². The number of hydrogen-bond donors (Lipinski definition) is 0. The molecule has 1 saturated carbocycles. The Kier molecular flexibility index (Phi) is 4.23. The Labute approximate surface area is 115 Å². The fourth-order valence-corrected chi connectivity index (χ4v) is 3.20. The van der Waals surface area contributed by atoms with Crippen molar-refractivity contribution in [1.82, 2.24) is 0 Å². The first-order valence-corrected chi connectivity index (χ1v) is 7.16. The van der Waals surface area contributed by atoms with Crippen molar-refractivity contribution < 1.29 is 0 Å². The van der Waals surface area contributed by atoms with Crippen molar-refractivity contribution in [1.29, 1.82) is 10.5 Å². The highest BCUT2D eigenvalue weighted by molar-refractivity contribution is 5.38. The van der Waals surface area contributed by atoms with Crippen LogP contribution in [0.2, 0.25) is 0 Å². The summed E-state index contributed by atoms with van der Waals surface area (Å²) in [6, 6.07) is 12.3. The third-order valence-electron chi connectivity index (χ3n) is 4.44. The van der Waals surface area contributed by atoms with E-state index in [9.17, 15) is 5.26 Å². The van der Waals surface area contributed by atoms with E-state index in [0.29, 0.717) is 5.56 Å². The van der Waals surface area contributed by atoms with E-state index in [4.69, 9.17) is 5.26 Å². The predicted octanol–water partition coefficient (Wildman–Crippen LogP) is 4.31. The molecular weight excluding hydrogens is 232 g/mol. The van der Waals surface area contributed by atoms with Crippen molar-refractivity contribution in [2.75, 3.05) is 0 Å². The minimum absolute atomic E-state index is 0.321. The van der Waals surface area contributed by atoms with Crippen LogP contribution in [0.4, 0.5) is 0 Å². The largest absolute Gasteiger partial charge is 0.197 e. The molecule has 1 aliphatic carbocycles. The molecule has 1 aliphatic rings. The second kappa shape index (κ2) is 5.89. The molecular formula is C17H20N2. The van der Waals surface area contributed by atoms with E-state index in [2.05, 4.69) is 19.1 Å². The van der Waals surface area contributed by atoms with E-state index in [0.717, 1.165) is 37.2 Å². The standard InChI is InChI=1S/C17H20N2/c1-2-3-14-8-10-17(13-19,11-9-14)16-6-4-15(12-18)5-7-16/h4-7,14H,2-3,8-11H2,1H3. The van der Waals surface area contributed by atoms with Crippen LogP contribution in [-0.4, -0.2) is 0 Å². The Hall–Kier alpha value is -1.80. The van der Waals surface area contributed by atoms with Gasteiger partial charge in [-0.05, 0) is 49.3 Å². The highest BCUT2D eigenvalue weighted by atomic mass is 14.4. The summed E-state index contributed by atoms with van der Waals surface area (Å²) in [5.41, 5.74) is 1.43. The molecule has 0 spiro atoms. The van der Waals surface area contributed by atoms with Crippen LogP contribution >= 0.6 is 0 Å². The monoisotopic (exact) mass is 252 g/mol. The molecule has 0 atom stereocenters. The Morgan fingerprint density at radius 2 is 1.79 bits per heavy atom. The fraction of sp³-hybridized carbons (Fsp3) is 0.529. The Balaban J connectivity index is 2.16. The second-order valence-electron chi connectivity index (χ2n) is 5.62. The SMILES string of the molecule is CCCC1CCC(C#N)(c2ccc(C#N)cc2)CC1. The number of hydrogen-bond acceptors (Lipinski definition) is 2. The molecule has 0 radical (unpaired) electrons. The van der Waals surface area contributed by atoms with E-state index >= 15 is 0 Å². The molecule has 2 heteroatoms. The van der Waals surface area contributed by atoms with Crippen molar-refractivity contribution in [3.63, 3.8) is 0 Å². The molecule has 0 aliphatic heterocycles. The average Bonchev–Trinajstić information content (AvgIpc) is 2.49. The smallest absolute Gasteiger partial charge is 0.0991 e. The van der Waals surface area contributed by atoms with E-state index in [-0.39, 0.29) is 5.41 Å². The summed E-state index contributed by atoms with van der Waals surface area (Å²) in [5, 5.41) is 18.5. The van der Waals surface area contributed by atoms with Crippen LogP contribution in [0, 0.1) is 28.6 Å². The molecule has 0 bridgehead atoms. The molecule has 0 unspecified atom stereocenters. The van der Waals surface area contributed by atoms with Gasteiger partial charge in [0.15, 0.2) is 0 Å². The molecule has 0 heterocycles. The number of benzene rings is 1. The zero-order chi connectivity index (χ0) is 13.7. The van der Waals surface area contributed by atoms with Crippen molar-refractivity contribution in [3.05, 3.63) is 35.4 Å². The molecule has 0 saturated heterocycles. The van der Waals surface area contributed by atoms with Crippen molar-refractivity contribution in [3.8, 4) is 12.1 Å². The molecule has 19 heavy (non-hydrogen) atoms. The maximum absolute atomic E-state index is 9.62. The molecule has 0 amide bonds. The summed E-state index contributed by atoms with van der Waals surface area (Å²) in [4.78, 5) is 0. The van der Waals surface area contributed by atoms with E-state index in [1.165, 1.54) is 12.8 Å². The van der Waals surface area contributed by atoms with Gasteiger partial charge in [0.05, 0.1) is 23.1 Å². The van der Waals surface area contributed by atoms with Crippen LogP contribution in [0.15, 0.2) is 24.3 Å². The number of nitriles is 2. The summed E-state index contributed by atoms with van der Waals surface area (Å²) < 4.78 is 0. The first-order valence-electron chi connectivity index (χ1n) is 7.16. The zero-order valence-corrected chi connectivity index (χ0v) is 11.5. The highest BCUT2D eigenvalue weighted by Crippen LogP contribution is 2.42. The highest BCUT2D eigenvalue weighted by Gasteiger charge is 2.36. The minimum Gasteiger partial charge on any atom is -0.197 e. The quantitative estimate of drug-likeness (QED) is 0.804. The van der Waals surface area contributed by atoms with Crippen LogP contribution in [0.3, 0.4) is 0 Å². The molecule has 98 valence electrons. The van der Waals surface area contributed by atoms with Gasteiger partial charge in [0.2, 0.25) is 0 Å². The van der Waals surface area contributed by atoms with Crippen LogP contribution < -0.4 is 0 Å². The maximum Gasteiger partial charge on any atom is 0.0991 e. The van der Waals surface area contributed by atoms with Gasteiger partial charge in [0, 0.05) is 0 Å². The Morgan fingerprint density at radius 1 is 1.16 bits per heavy atom. The molecule has 1 aromatic carbocycles. The molecule has 2 nitrogen and oxygen atoms in total. The minimum atomic E-state index is -0.321. The predicted molar refractivity (Wildman–Crippen MR) is 75.3 cm³/mol. The lowest BCUT2D eigenvalue weighted by molar-refractivity contribution is 0.265. The van der Waals surface area contributed by atoms with Crippen molar-refractivity contribution >= 4 is 0 Å². The first-order chi connectivity index (χ1) is 9.24. The topological polar surface area (TPSA) is 47.6 Å². The summed E-state index contributed by atoms with van der Waals surface area (Å²) in [6.45, 7) is 2.23. The first kappa shape index (κ1) is 13.6. The third kappa shape index (κ3) is 2.79. The van der Waals surface area contributed by atoms with E-state index in [1.807, 2.05) is 24.3 Å². The van der Waals surface area contributed by atoms with Gasteiger partial charge in [-0.3, -0.25) is 0 Å². The van der Waals surface area contributed by atoms with Gasteiger partial charge in [0.1, 0.15) is 0 Å². The summed E-state index contributed by atoms with van der Waals surface area (Å²) in [7, 11) is 0. The lowest BCUT2D eigenvalue weighted by atomic mass is 9.67. The average molecular weight is 252 g/mol. The fourth-order valence-electron chi connectivity index (χ4n) is 3.20.